The van der Waals surface area contributed by atoms with Gasteiger partial charge in [0, 0.05) is 48.2 Å². The van der Waals surface area contributed by atoms with Crippen LogP contribution in [0.1, 0.15) is 36.8 Å². The Bertz CT molecular complexity index is 3230. The molecule has 2 aromatic heterocycles. The molecule has 1 saturated carbocycles. The molecule has 0 aliphatic heterocycles. The minimum absolute atomic E-state index is 0. The molecule has 0 N–H and O–H groups in total. The van der Waals surface area contributed by atoms with Crippen molar-refractivity contribution in [3.63, 3.8) is 0 Å². The van der Waals surface area contributed by atoms with E-state index in [1.165, 1.54) is 103 Å². The molecule has 2 aliphatic carbocycles. The molecule has 1 fully saturated rings. The molecule has 1 spiro atoms. The third-order valence-corrected chi connectivity index (χ3v) is 13.4. The van der Waals surface area contributed by atoms with Gasteiger partial charge in [-0.1, -0.05) is 134 Å². The third-order valence-electron chi connectivity index (χ3n) is 13.4. The molecule has 2 aliphatic rings. The van der Waals surface area contributed by atoms with Crippen molar-refractivity contribution in [2.24, 2.45) is 0 Å². The van der Waals surface area contributed by atoms with Gasteiger partial charge in [-0.25, -0.2) is 0 Å². The Morgan fingerprint density at radius 2 is 0.984 bits per heavy atom. The summed E-state index contributed by atoms with van der Waals surface area (Å²) in [6.07, 6.45) is 6.93. The summed E-state index contributed by atoms with van der Waals surface area (Å²) >= 11 is 0. The number of fused-ring (bicyclic) bond motifs is 8. The SMILES string of the molecule is [Ir].[c-]1ccccc1-c1cc(-c2ccc(-c3ccc4c(c3)c3cc(-c5ccc6c(c5)C5(CCCC5)c5ccccc5-6)ccc3n4-c3ccc(-c4ccccc4)cc3)cc2)ccn1. The molecule has 0 saturated heterocycles. The fraction of sp³-hybridized carbons (Fsp3) is 0.0862. The molecule has 0 amide bonds. The number of hydrogen-bond donors (Lipinski definition) is 0. The second kappa shape index (κ2) is 15.1. The number of aromatic nitrogens is 2. The van der Waals surface area contributed by atoms with Crippen LogP contribution in [0.2, 0.25) is 0 Å². The van der Waals surface area contributed by atoms with Gasteiger partial charge in [0.2, 0.25) is 0 Å². The van der Waals surface area contributed by atoms with Crippen LogP contribution < -0.4 is 0 Å². The van der Waals surface area contributed by atoms with E-state index in [4.69, 9.17) is 0 Å². The molecule has 3 heteroatoms. The van der Waals surface area contributed by atoms with Gasteiger partial charge < -0.3 is 9.55 Å². The van der Waals surface area contributed by atoms with Crippen molar-refractivity contribution in [1.82, 2.24) is 9.55 Å². The quantitative estimate of drug-likeness (QED) is 0.152. The molecule has 12 rings (SSSR count). The molecule has 0 bridgehead atoms. The van der Waals surface area contributed by atoms with E-state index in [0.29, 0.717) is 0 Å². The smallest absolute Gasteiger partial charge is 0.0541 e. The maximum atomic E-state index is 4.63. The Hall–Kier alpha value is -6.64. The zero-order chi connectivity index (χ0) is 39.6. The maximum Gasteiger partial charge on any atom is 0.0541 e. The minimum Gasteiger partial charge on any atom is -0.309 e. The zero-order valence-corrected chi connectivity index (χ0v) is 36.0. The molecule has 2 nitrogen and oxygen atoms in total. The molecule has 61 heavy (non-hydrogen) atoms. The average molecular weight is 958 g/mol. The van der Waals surface area contributed by atoms with Gasteiger partial charge in [0.15, 0.2) is 0 Å². The second-order valence-electron chi connectivity index (χ2n) is 16.6. The Kier molecular flexibility index (Phi) is 9.26. The van der Waals surface area contributed by atoms with Crippen molar-refractivity contribution >= 4 is 21.8 Å². The van der Waals surface area contributed by atoms with Gasteiger partial charge in [0.1, 0.15) is 0 Å². The second-order valence-corrected chi connectivity index (χ2v) is 16.6. The van der Waals surface area contributed by atoms with Crippen molar-refractivity contribution in [1.29, 1.82) is 0 Å². The molecule has 0 atom stereocenters. The van der Waals surface area contributed by atoms with Crippen LogP contribution in [0.25, 0.3) is 94.4 Å². The van der Waals surface area contributed by atoms with Crippen molar-refractivity contribution in [3.05, 3.63) is 218 Å². The number of pyridine rings is 1. The first-order valence-corrected chi connectivity index (χ1v) is 21.2. The van der Waals surface area contributed by atoms with Gasteiger partial charge >= 0.3 is 0 Å². The molecule has 8 aromatic carbocycles. The van der Waals surface area contributed by atoms with E-state index >= 15 is 0 Å². The fourth-order valence-corrected chi connectivity index (χ4v) is 10.4. The van der Waals surface area contributed by atoms with Crippen LogP contribution in [0.3, 0.4) is 0 Å². The summed E-state index contributed by atoms with van der Waals surface area (Å²) < 4.78 is 2.44. The van der Waals surface area contributed by atoms with E-state index in [-0.39, 0.29) is 25.5 Å². The van der Waals surface area contributed by atoms with Gasteiger partial charge in [-0.3, -0.25) is 0 Å². The predicted molar refractivity (Wildman–Crippen MR) is 249 cm³/mol. The van der Waals surface area contributed by atoms with E-state index in [1.54, 1.807) is 0 Å². The Morgan fingerprint density at radius 3 is 1.69 bits per heavy atom. The Balaban J connectivity index is 0.00000420. The van der Waals surface area contributed by atoms with Crippen LogP contribution in [0.15, 0.2) is 200 Å². The number of nitrogens with zero attached hydrogens (tertiary/aromatic N) is 2. The van der Waals surface area contributed by atoms with E-state index in [2.05, 4.69) is 192 Å². The van der Waals surface area contributed by atoms with E-state index in [9.17, 15) is 0 Å². The van der Waals surface area contributed by atoms with Crippen LogP contribution in [-0.2, 0) is 25.5 Å². The summed E-state index contributed by atoms with van der Waals surface area (Å²) in [5, 5.41) is 2.51. The largest absolute Gasteiger partial charge is 0.309 e. The molecule has 293 valence electrons. The number of rotatable bonds is 6. The average Bonchev–Trinajstić information content (AvgIpc) is 4.03. The third kappa shape index (κ3) is 6.23. The first-order chi connectivity index (χ1) is 29.7. The Labute approximate surface area is 370 Å². The molecular formula is C58H41IrN2-. The van der Waals surface area contributed by atoms with Crippen molar-refractivity contribution in [2.45, 2.75) is 31.1 Å². The molecule has 0 unspecified atom stereocenters. The van der Waals surface area contributed by atoms with Crippen LogP contribution in [0.5, 0.6) is 0 Å². The van der Waals surface area contributed by atoms with Gasteiger partial charge in [0.05, 0.1) is 11.0 Å². The van der Waals surface area contributed by atoms with Crippen LogP contribution >= 0.6 is 0 Å². The molecular weight excluding hydrogens is 917 g/mol. The summed E-state index contributed by atoms with van der Waals surface area (Å²) in [6.45, 7) is 0. The topological polar surface area (TPSA) is 17.8 Å². The van der Waals surface area contributed by atoms with Gasteiger partial charge in [0.25, 0.3) is 0 Å². The van der Waals surface area contributed by atoms with Crippen LogP contribution in [0.4, 0.5) is 0 Å². The van der Waals surface area contributed by atoms with Crippen LogP contribution in [-0.4, -0.2) is 9.55 Å². The van der Waals surface area contributed by atoms with Crippen molar-refractivity contribution < 1.29 is 20.1 Å². The summed E-state index contributed by atoms with van der Waals surface area (Å²) in [5.74, 6) is 0. The number of benzene rings is 8. The van der Waals surface area contributed by atoms with E-state index in [0.717, 1.165) is 28.1 Å². The van der Waals surface area contributed by atoms with Crippen molar-refractivity contribution in [2.75, 3.05) is 0 Å². The Morgan fingerprint density at radius 1 is 0.443 bits per heavy atom. The standard InChI is InChI=1S/C58H41N2.Ir/c1-3-11-39(12-4-1)40-21-26-48(27-22-40)60-56-29-24-44(41-17-19-42(20-18-41)47-31-34-59-55(38-47)43-13-5-2-6-14-43)35-51(56)52-36-45(25-30-57(52)60)46-23-28-50-49-15-7-8-16-53(49)58(54(50)37-46)32-9-10-33-58;/h1-8,11-13,15-31,34-38H,9-10,32-33H2;/q-1;. The molecule has 1 radical (unpaired) electrons. The summed E-state index contributed by atoms with van der Waals surface area (Å²) in [4.78, 5) is 4.63. The van der Waals surface area contributed by atoms with E-state index in [1.807, 2.05) is 24.4 Å². The van der Waals surface area contributed by atoms with Gasteiger partial charge in [-0.05, 0) is 134 Å². The first-order valence-electron chi connectivity index (χ1n) is 21.2. The predicted octanol–water partition coefficient (Wildman–Crippen LogP) is 15.2. The van der Waals surface area contributed by atoms with Crippen LogP contribution in [0, 0.1) is 6.07 Å². The van der Waals surface area contributed by atoms with Gasteiger partial charge in [-0.2, -0.15) is 0 Å². The molecule has 10 aromatic rings. The van der Waals surface area contributed by atoms with Gasteiger partial charge in [-0.15, -0.1) is 35.9 Å². The van der Waals surface area contributed by atoms with Crippen molar-refractivity contribution in [3.8, 4) is 72.6 Å². The minimum atomic E-state index is 0. The summed E-state index contributed by atoms with van der Waals surface area (Å²) in [5.41, 5.74) is 21.2. The fourth-order valence-electron chi connectivity index (χ4n) is 10.4. The van der Waals surface area contributed by atoms with E-state index < -0.39 is 0 Å². The monoisotopic (exact) mass is 958 g/mol. The summed E-state index contributed by atoms with van der Waals surface area (Å²) in [6, 6.07) is 74.7. The number of hydrogen-bond acceptors (Lipinski definition) is 1. The molecule has 2 heterocycles. The first kappa shape index (κ1) is 37.4. The summed E-state index contributed by atoms with van der Waals surface area (Å²) in [7, 11) is 0. The zero-order valence-electron chi connectivity index (χ0n) is 33.6. The maximum absolute atomic E-state index is 4.63. The normalized spacial score (nSPS) is 13.6.